The van der Waals surface area contributed by atoms with Crippen molar-refractivity contribution in [2.75, 3.05) is 10.6 Å². The van der Waals surface area contributed by atoms with Gasteiger partial charge in [-0.3, -0.25) is 9.59 Å². The highest BCUT2D eigenvalue weighted by Gasteiger charge is 2.32. The van der Waals surface area contributed by atoms with Crippen LogP contribution in [0.1, 0.15) is 52.4 Å². The molecule has 4 nitrogen and oxygen atoms in total. The summed E-state index contributed by atoms with van der Waals surface area (Å²) in [6.07, 6.45) is 2.23. The Labute approximate surface area is 182 Å². The Morgan fingerprint density at radius 2 is 1.65 bits per heavy atom. The van der Waals surface area contributed by atoms with Crippen molar-refractivity contribution in [3.63, 3.8) is 0 Å². The van der Waals surface area contributed by atoms with Gasteiger partial charge in [0.1, 0.15) is 0 Å². The van der Waals surface area contributed by atoms with Crippen LogP contribution in [0.5, 0.6) is 0 Å². The number of anilines is 2. The highest BCUT2D eigenvalue weighted by atomic mass is 16.1. The summed E-state index contributed by atoms with van der Waals surface area (Å²) in [6.45, 7) is 2.06. The highest BCUT2D eigenvalue weighted by Crippen LogP contribution is 2.41. The largest absolute Gasteiger partial charge is 0.372 e. The van der Waals surface area contributed by atoms with Crippen LogP contribution in [-0.2, 0) is 4.79 Å². The number of carbonyl (C=O) groups is 2. The fraction of sp³-hybridized carbons (Fsp3) is 0.185. The molecule has 0 amide bonds. The molecule has 2 aliphatic rings. The second-order valence-electron chi connectivity index (χ2n) is 8.24. The van der Waals surface area contributed by atoms with Crippen molar-refractivity contribution in [1.29, 1.82) is 0 Å². The van der Waals surface area contributed by atoms with Crippen LogP contribution in [0, 0.1) is 6.92 Å². The Hall–Kier alpha value is -3.66. The molecule has 0 fully saturated rings. The molecule has 1 heterocycles. The third-order valence-electron chi connectivity index (χ3n) is 6.06. The minimum atomic E-state index is -0.215. The van der Waals surface area contributed by atoms with Crippen molar-refractivity contribution < 1.29 is 9.59 Å². The number of benzene rings is 3. The second-order valence-corrected chi connectivity index (χ2v) is 8.24. The fourth-order valence-corrected chi connectivity index (χ4v) is 4.40. The van der Waals surface area contributed by atoms with E-state index < -0.39 is 0 Å². The number of hydrogen-bond donors (Lipinski definition) is 2. The van der Waals surface area contributed by atoms with E-state index in [9.17, 15) is 9.59 Å². The van der Waals surface area contributed by atoms with Crippen molar-refractivity contribution in [1.82, 2.24) is 0 Å². The highest BCUT2D eigenvalue weighted by molar-refractivity contribution is 6.10. The van der Waals surface area contributed by atoms with Crippen LogP contribution in [-0.4, -0.2) is 11.6 Å². The molecule has 1 aliphatic carbocycles. The van der Waals surface area contributed by atoms with Crippen LogP contribution < -0.4 is 10.6 Å². The van der Waals surface area contributed by atoms with Crippen LogP contribution in [0.15, 0.2) is 84.1 Å². The zero-order valence-electron chi connectivity index (χ0n) is 17.4. The maximum absolute atomic E-state index is 13.0. The molecule has 0 radical (unpaired) electrons. The molecule has 2 N–H and O–H groups in total. The van der Waals surface area contributed by atoms with Crippen molar-refractivity contribution in [2.24, 2.45) is 0 Å². The fourth-order valence-electron chi connectivity index (χ4n) is 4.40. The molecule has 0 unspecified atom stereocenters. The number of carbonyl (C=O) groups excluding carboxylic acids is 2. The second kappa shape index (κ2) is 7.88. The van der Waals surface area contributed by atoms with E-state index in [0.29, 0.717) is 17.5 Å². The average molecular weight is 409 g/mol. The van der Waals surface area contributed by atoms with Crippen molar-refractivity contribution >= 4 is 22.9 Å². The molecule has 154 valence electrons. The summed E-state index contributed by atoms with van der Waals surface area (Å²) in [5.41, 5.74) is 7.01. The zero-order valence-corrected chi connectivity index (χ0v) is 17.4. The number of rotatable bonds is 3. The lowest BCUT2D eigenvalue weighted by atomic mass is 9.86. The Kier molecular flexibility index (Phi) is 4.91. The molecule has 5 rings (SSSR count). The summed E-state index contributed by atoms with van der Waals surface area (Å²) in [5.74, 6) is 0.165. The van der Waals surface area contributed by atoms with E-state index in [2.05, 4.69) is 41.8 Å². The molecule has 0 saturated carbocycles. The van der Waals surface area contributed by atoms with Gasteiger partial charge in [-0.2, -0.15) is 0 Å². The number of allylic oxidation sites excluding steroid dienone is 1. The molecule has 4 heteroatoms. The van der Waals surface area contributed by atoms with Crippen molar-refractivity contribution in [2.45, 2.75) is 32.2 Å². The summed E-state index contributed by atoms with van der Waals surface area (Å²) in [7, 11) is 0. The number of hydrogen-bond acceptors (Lipinski definition) is 4. The SMILES string of the molecule is Cc1ccc([C@@H]2Nc3ccc(C(=O)c4ccccc4)cc3NC3=C2C(=O)CCC3)cc1. The number of Topliss-reactive ketones (excluding diaryl/α,β-unsaturated/α-hetero) is 1. The van der Waals surface area contributed by atoms with Crippen LogP contribution in [0.4, 0.5) is 11.4 Å². The van der Waals surface area contributed by atoms with Crippen LogP contribution in [0.25, 0.3) is 0 Å². The minimum Gasteiger partial charge on any atom is -0.372 e. The summed E-state index contributed by atoms with van der Waals surface area (Å²) < 4.78 is 0. The molecule has 3 aromatic carbocycles. The predicted octanol–water partition coefficient (Wildman–Crippen LogP) is 5.81. The molecule has 0 spiro atoms. The summed E-state index contributed by atoms with van der Waals surface area (Å²) >= 11 is 0. The molecule has 0 bridgehead atoms. The molecular formula is C27H24N2O2. The van der Waals surface area contributed by atoms with Crippen LogP contribution >= 0.6 is 0 Å². The Balaban J connectivity index is 1.58. The molecule has 0 saturated heterocycles. The van der Waals surface area contributed by atoms with Gasteiger partial charge in [-0.15, -0.1) is 0 Å². The number of aryl methyl sites for hydroxylation is 1. The summed E-state index contributed by atoms with van der Waals surface area (Å²) in [5, 5.41) is 7.07. The quantitative estimate of drug-likeness (QED) is 0.537. The third kappa shape index (κ3) is 3.66. The first kappa shape index (κ1) is 19.3. The van der Waals surface area contributed by atoms with Crippen LogP contribution in [0.2, 0.25) is 0 Å². The summed E-state index contributed by atoms with van der Waals surface area (Å²) in [6, 6.07) is 23.1. The number of ketones is 2. The van der Waals surface area contributed by atoms with Crippen molar-refractivity contribution in [3.8, 4) is 0 Å². The first-order valence-electron chi connectivity index (χ1n) is 10.7. The standard InChI is InChI=1S/C27H24N2O2/c1-17-10-12-18(13-11-17)26-25-22(8-5-9-24(25)30)28-23-16-20(14-15-21(23)29-26)27(31)19-6-3-2-4-7-19/h2-4,6-7,10-16,26,28-29H,5,8-9H2,1H3/t26-/m0/s1. The smallest absolute Gasteiger partial charge is 0.193 e. The molecule has 31 heavy (non-hydrogen) atoms. The van der Waals surface area contributed by atoms with Gasteiger partial charge in [0.15, 0.2) is 11.6 Å². The molecule has 0 aromatic heterocycles. The van der Waals surface area contributed by atoms with E-state index >= 15 is 0 Å². The van der Waals surface area contributed by atoms with E-state index in [1.807, 2.05) is 48.5 Å². The maximum atomic E-state index is 13.0. The normalized spacial score (nSPS) is 17.7. The molecule has 1 atom stereocenters. The van der Waals surface area contributed by atoms with E-state index in [-0.39, 0.29) is 17.6 Å². The minimum absolute atomic E-state index is 0.0153. The first-order valence-corrected chi connectivity index (χ1v) is 10.7. The lowest BCUT2D eigenvalue weighted by molar-refractivity contribution is -0.116. The maximum Gasteiger partial charge on any atom is 0.193 e. The van der Waals surface area contributed by atoms with Gasteiger partial charge >= 0.3 is 0 Å². The van der Waals surface area contributed by atoms with Gasteiger partial charge in [0.05, 0.1) is 17.4 Å². The zero-order chi connectivity index (χ0) is 21.4. The Morgan fingerprint density at radius 3 is 2.42 bits per heavy atom. The van der Waals surface area contributed by atoms with Crippen molar-refractivity contribution in [3.05, 3.63) is 106 Å². The molecule has 3 aromatic rings. The topological polar surface area (TPSA) is 58.2 Å². The van der Waals surface area contributed by atoms with E-state index in [1.165, 1.54) is 5.56 Å². The Bertz CT molecular complexity index is 1190. The van der Waals surface area contributed by atoms with Gasteiger partial charge in [0.25, 0.3) is 0 Å². The molecular weight excluding hydrogens is 384 g/mol. The van der Waals surface area contributed by atoms with E-state index in [1.54, 1.807) is 0 Å². The first-order chi connectivity index (χ1) is 15.1. The van der Waals surface area contributed by atoms with Gasteiger partial charge < -0.3 is 10.6 Å². The van der Waals surface area contributed by atoms with Gasteiger partial charge in [-0.05, 0) is 43.5 Å². The number of fused-ring (bicyclic) bond motifs is 1. The Morgan fingerprint density at radius 1 is 0.871 bits per heavy atom. The monoisotopic (exact) mass is 408 g/mol. The predicted molar refractivity (Wildman–Crippen MR) is 123 cm³/mol. The van der Waals surface area contributed by atoms with Gasteiger partial charge in [0, 0.05) is 28.8 Å². The summed E-state index contributed by atoms with van der Waals surface area (Å²) in [4.78, 5) is 25.9. The molecule has 1 aliphatic heterocycles. The van der Waals surface area contributed by atoms with Crippen LogP contribution in [0.3, 0.4) is 0 Å². The van der Waals surface area contributed by atoms with E-state index in [0.717, 1.165) is 41.1 Å². The van der Waals surface area contributed by atoms with E-state index in [4.69, 9.17) is 0 Å². The third-order valence-corrected chi connectivity index (χ3v) is 6.06. The van der Waals surface area contributed by atoms with Gasteiger partial charge in [-0.1, -0.05) is 60.2 Å². The lowest BCUT2D eigenvalue weighted by Gasteiger charge is -2.25. The lowest BCUT2D eigenvalue weighted by Crippen LogP contribution is -2.23. The average Bonchev–Trinajstić information content (AvgIpc) is 2.96. The number of nitrogens with one attached hydrogen (secondary N) is 2. The van der Waals surface area contributed by atoms with Gasteiger partial charge in [-0.25, -0.2) is 0 Å². The van der Waals surface area contributed by atoms with Gasteiger partial charge in [0.2, 0.25) is 0 Å².